The topological polar surface area (TPSA) is 9.23 Å². The first-order valence-corrected chi connectivity index (χ1v) is 5.58. The monoisotopic (exact) mass is 208 g/mol. The van der Waals surface area contributed by atoms with Gasteiger partial charge in [0, 0.05) is 5.92 Å². The van der Waals surface area contributed by atoms with Crippen molar-refractivity contribution in [3.05, 3.63) is 35.9 Å². The number of benzene rings is 1. The third-order valence-electron chi connectivity index (χ3n) is 3.23. The fraction of sp³-hybridized carbons (Fsp3) is 0.538. The van der Waals surface area contributed by atoms with Crippen molar-refractivity contribution in [3.63, 3.8) is 0 Å². The lowest BCUT2D eigenvalue weighted by atomic mass is 9.95. The Bertz CT molecular complexity index is 312. The van der Waals surface area contributed by atoms with Crippen LogP contribution < -0.4 is 0 Å². The van der Waals surface area contributed by atoms with E-state index in [1.807, 2.05) is 44.2 Å². The highest BCUT2D eigenvalue weighted by atomic mass is 19.1. The number of halogens is 1. The highest BCUT2D eigenvalue weighted by Gasteiger charge is 2.41. The van der Waals surface area contributed by atoms with Crippen molar-refractivity contribution >= 4 is 0 Å². The second kappa shape index (κ2) is 4.31. The van der Waals surface area contributed by atoms with Crippen LogP contribution in [0.3, 0.4) is 0 Å². The van der Waals surface area contributed by atoms with Crippen LogP contribution >= 0.6 is 0 Å². The molecule has 1 aromatic carbocycles. The van der Waals surface area contributed by atoms with E-state index in [1.165, 1.54) is 0 Å². The number of rotatable bonds is 2. The molecule has 2 rings (SSSR count). The molecule has 1 fully saturated rings. The van der Waals surface area contributed by atoms with Gasteiger partial charge in [0.25, 0.3) is 0 Å². The lowest BCUT2D eigenvalue weighted by Gasteiger charge is -2.13. The predicted molar refractivity (Wildman–Crippen MR) is 58.4 cm³/mol. The molecule has 0 bridgehead atoms. The van der Waals surface area contributed by atoms with E-state index in [4.69, 9.17) is 4.74 Å². The second-order valence-electron chi connectivity index (χ2n) is 4.22. The Kier molecular flexibility index (Phi) is 3.06. The molecule has 82 valence electrons. The highest BCUT2D eigenvalue weighted by molar-refractivity contribution is 5.20. The van der Waals surface area contributed by atoms with Crippen LogP contribution in [0, 0.1) is 5.92 Å². The average molecular weight is 208 g/mol. The fourth-order valence-electron chi connectivity index (χ4n) is 2.24. The van der Waals surface area contributed by atoms with E-state index in [1.54, 1.807) is 0 Å². The molecule has 1 nitrogen and oxygen atoms in total. The summed E-state index contributed by atoms with van der Waals surface area (Å²) < 4.78 is 19.7. The summed E-state index contributed by atoms with van der Waals surface area (Å²) in [7, 11) is 0. The molecule has 0 spiro atoms. The number of ether oxygens (including phenoxy) is 1. The standard InChI is InChI=1S/C13H17FO/c1-3-11-9(2)12(14)13(15-11)10-7-5-4-6-8-10/h4-9,11-13H,3H2,1-2H3/t9-,11-,12-,13+/m1/s1. The molecule has 0 saturated carbocycles. The molecule has 15 heavy (non-hydrogen) atoms. The molecule has 1 aliphatic rings. The molecule has 0 aromatic heterocycles. The zero-order valence-corrected chi connectivity index (χ0v) is 9.19. The first kappa shape index (κ1) is 10.6. The van der Waals surface area contributed by atoms with Gasteiger partial charge in [-0.3, -0.25) is 0 Å². The Labute approximate surface area is 90.3 Å². The Hall–Kier alpha value is -0.890. The molecule has 1 heterocycles. The van der Waals surface area contributed by atoms with E-state index in [9.17, 15) is 4.39 Å². The second-order valence-corrected chi connectivity index (χ2v) is 4.22. The van der Waals surface area contributed by atoms with E-state index in [0.717, 1.165) is 12.0 Å². The minimum atomic E-state index is -0.877. The smallest absolute Gasteiger partial charge is 0.135 e. The van der Waals surface area contributed by atoms with Crippen LogP contribution in [0.1, 0.15) is 31.9 Å². The van der Waals surface area contributed by atoms with Crippen molar-refractivity contribution in [2.75, 3.05) is 0 Å². The van der Waals surface area contributed by atoms with E-state index in [0.29, 0.717) is 0 Å². The lowest BCUT2D eigenvalue weighted by Crippen LogP contribution is -2.17. The Morgan fingerprint density at radius 3 is 2.47 bits per heavy atom. The summed E-state index contributed by atoms with van der Waals surface area (Å²) in [6.45, 7) is 3.98. The van der Waals surface area contributed by atoms with Crippen molar-refractivity contribution in [1.29, 1.82) is 0 Å². The Balaban J connectivity index is 2.19. The van der Waals surface area contributed by atoms with Crippen LogP contribution in [-0.2, 0) is 4.74 Å². The van der Waals surface area contributed by atoms with Crippen LogP contribution in [0.5, 0.6) is 0 Å². The first-order chi connectivity index (χ1) is 7.24. The summed E-state index contributed by atoms with van der Waals surface area (Å²) in [6, 6.07) is 9.65. The molecule has 1 saturated heterocycles. The van der Waals surface area contributed by atoms with Gasteiger partial charge in [-0.05, 0) is 12.0 Å². The average Bonchev–Trinajstić information content (AvgIpc) is 2.57. The Morgan fingerprint density at radius 2 is 1.93 bits per heavy atom. The van der Waals surface area contributed by atoms with Crippen molar-refractivity contribution < 1.29 is 9.13 Å². The van der Waals surface area contributed by atoms with Crippen LogP contribution in [-0.4, -0.2) is 12.3 Å². The van der Waals surface area contributed by atoms with E-state index in [2.05, 4.69) is 0 Å². The molecule has 1 aliphatic heterocycles. The van der Waals surface area contributed by atoms with Crippen LogP contribution in [0.15, 0.2) is 30.3 Å². The molecule has 4 atom stereocenters. The van der Waals surface area contributed by atoms with Gasteiger partial charge < -0.3 is 4.74 Å². The van der Waals surface area contributed by atoms with Gasteiger partial charge in [0.15, 0.2) is 0 Å². The third kappa shape index (κ3) is 1.91. The Morgan fingerprint density at radius 1 is 1.27 bits per heavy atom. The summed E-state index contributed by atoms with van der Waals surface area (Å²) in [4.78, 5) is 0. The number of hydrogen-bond donors (Lipinski definition) is 0. The van der Waals surface area contributed by atoms with Crippen molar-refractivity contribution in [3.8, 4) is 0 Å². The fourth-order valence-corrected chi connectivity index (χ4v) is 2.24. The van der Waals surface area contributed by atoms with Crippen molar-refractivity contribution in [2.45, 2.75) is 38.6 Å². The molecule has 0 radical (unpaired) electrons. The lowest BCUT2D eigenvalue weighted by molar-refractivity contribution is 0.0230. The molecule has 0 amide bonds. The molecule has 0 unspecified atom stereocenters. The molecule has 1 aromatic rings. The van der Waals surface area contributed by atoms with E-state index in [-0.39, 0.29) is 18.1 Å². The zero-order chi connectivity index (χ0) is 10.8. The van der Waals surface area contributed by atoms with Crippen LogP contribution in [0.4, 0.5) is 4.39 Å². The molecule has 0 N–H and O–H groups in total. The summed E-state index contributed by atoms with van der Waals surface area (Å²) in [5, 5.41) is 0. The molecular weight excluding hydrogens is 191 g/mol. The van der Waals surface area contributed by atoms with Gasteiger partial charge >= 0.3 is 0 Å². The SMILES string of the molecule is CC[C@H]1O[C@@H](c2ccccc2)[C@H](F)[C@@H]1C. The normalized spacial score (nSPS) is 35.7. The van der Waals surface area contributed by atoms with Gasteiger partial charge in [0.1, 0.15) is 12.3 Å². The first-order valence-electron chi connectivity index (χ1n) is 5.58. The zero-order valence-electron chi connectivity index (χ0n) is 9.19. The van der Waals surface area contributed by atoms with Crippen molar-refractivity contribution in [2.24, 2.45) is 5.92 Å². The van der Waals surface area contributed by atoms with Crippen molar-refractivity contribution in [1.82, 2.24) is 0 Å². The van der Waals surface area contributed by atoms with Crippen LogP contribution in [0.2, 0.25) is 0 Å². The van der Waals surface area contributed by atoms with Gasteiger partial charge in [-0.1, -0.05) is 44.2 Å². The van der Waals surface area contributed by atoms with Gasteiger partial charge in [-0.25, -0.2) is 4.39 Å². The van der Waals surface area contributed by atoms with Gasteiger partial charge in [0.05, 0.1) is 6.10 Å². The maximum atomic E-state index is 14.0. The predicted octanol–water partition coefficient (Wildman–Crippen LogP) is 3.51. The van der Waals surface area contributed by atoms with E-state index < -0.39 is 6.17 Å². The van der Waals surface area contributed by atoms with Gasteiger partial charge in [-0.2, -0.15) is 0 Å². The largest absolute Gasteiger partial charge is 0.367 e. The summed E-state index contributed by atoms with van der Waals surface area (Å²) in [5.74, 6) is 0.000191. The quantitative estimate of drug-likeness (QED) is 0.722. The summed E-state index contributed by atoms with van der Waals surface area (Å²) in [5.41, 5.74) is 0.952. The number of alkyl halides is 1. The van der Waals surface area contributed by atoms with Crippen LogP contribution in [0.25, 0.3) is 0 Å². The molecular formula is C13H17FO. The van der Waals surface area contributed by atoms with E-state index >= 15 is 0 Å². The molecule has 2 heteroatoms. The number of hydrogen-bond acceptors (Lipinski definition) is 1. The third-order valence-corrected chi connectivity index (χ3v) is 3.23. The minimum Gasteiger partial charge on any atom is -0.367 e. The maximum Gasteiger partial charge on any atom is 0.135 e. The highest BCUT2D eigenvalue weighted by Crippen LogP contribution is 2.40. The molecule has 0 aliphatic carbocycles. The maximum absolute atomic E-state index is 14.0. The summed E-state index contributed by atoms with van der Waals surface area (Å²) in [6.07, 6.45) is -0.307. The van der Waals surface area contributed by atoms with Gasteiger partial charge in [-0.15, -0.1) is 0 Å². The minimum absolute atomic E-state index is 0.000191. The summed E-state index contributed by atoms with van der Waals surface area (Å²) >= 11 is 0. The van der Waals surface area contributed by atoms with Gasteiger partial charge in [0.2, 0.25) is 0 Å².